The third-order valence-corrected chi connectivity index (χ3v) is 4.39. The zero-order chi connectivity index (χ0) is 14.1. The van der Waals surface area contributed by atoms with Gasteiger partial charge in [0, 0.05) is 31.4 Å². The Labute approximate surface area is 119 Å². The molecule has 0 aliphatic carbocycles. The molecule has 0 unspecified atom stereocenters. The van der Waals surface area contributed by atoms with E-state index in [0.29, 0.717) is 17.4 Å². The fourth-order valence-electron chi connectivity index (χ4n) is 3.37. The first kappa shape index (κ1) is 13.2. The van der Waals surface area contributed by atoms with Gasteiger partial charge < -0.3 is 15.5 Å². The Balaban J connectivity index is 1.68. The summed E-state index contributed by atoms with van der Waals surface area (Å²) < 4.78 is 13.9. The highest BCUT2D eigenvalue weighted by Crippen LogP contribution is 2.32. The third-order valence-electron chi connectivity index (χ3n) is 4.39. The number of nitrogen functional groups attached to an aromatic ring is 1. The molecule has 1 aromatic rings. The van der Waals surface area contributed by atoms with E-state index in [1.807, 2.05) is 4.90 Å². The maximum atomic E-state index is 13.9. The first-order valence-corrected chi connectivity index (χ1v) is 7.25. The van der Waals surface area contributed by atoms with Gasteiger partial charge in [0.25, 0.3) is 0 Å². The number of pyridine rings is 1. The van der Waals surface area contributed by atoms with Gasteiger partial charge in [0.05, 0.1) is 23.8 Å². The average Bonchev–Trinajstić information content (AvgIpc) is 2.86. The Morgan fingerprint density at radius 3 is 2.60 bits per heavy atom. The molecule has 20 heavy (non-hydrogen) atoms. The maximum absolute atomic E-state index is 13.9. The summed E-state index contributed by atoms with van der Waals surface area (Å²) in [6.07, 6.45) is 7.14. The van der Waals surface area contributed by atoms with E-state index < -0.39 is 0 Å². The van der Waals surface area contributed by atoms with Crippen LogP contribution in [0.15, 0.2) is 24.7 Å². The van der Waals surface area contributed by atoms with Crippen molar-refractivity contribution in [2.45, 2.75) is 31.7 Å². The summed E-state index contributed by atoms with van der Waals surface area (Å²) in [5.74, 6) is -0.325. The minimum Gasteiger partial charge on any atom is -0.396 e. The second-order valence-corrected chi connectivity index (χ2v) is 5.64. The second-order valence-electron chi connectivity index (χ2n) is 5.64. The quantitative estimate of drug-likeness (QED) is 0.901. The van der Waals surface area contributed by atoms with Crippen LogP contribution in [0.25, 0.3) is 0 Å². The SMILES string of the molecule is C=C1CCCN1C1CCN(c2c(N)cncc2F)CC1. The predicted octanol–water partition coefficient (Wildman–Crippen LogP) is 2.38. The molecular weight excluding hydrogens is 255 g/mol. The van der Waals surface area contributed by atoms with Gasteiger partial charge in [0.1, 0.15) is 0 Å². The molecular formula is C15H21FN4. The van der Waals surface area contributed by atoms with E-state index in [4.69, 9.17) is 5.73 Å². The van der Waals surface area contributed by atoms with Gasteiger partial charge in [-0.3, -0.25) is 4.98 Å². The molecule has 0 atom stereocenters. The van der Waals surface area contributed by atoms with Crippen molar-refractivity contribution in [3.63, 3.8) is 0 Å². The zero-order valence-corrected chi connectivity index (χ0v) is 11.7. The van der Waals surface area contributed by atoms with Crippen LogP contribution in [0.5, 0.6) is 0 Å². The van der Waals surface area contributed by atoms with Gasteiger partial charge in [-0.2, -0.15) is 0 Å². The van der Waals surface area contributed by atoms with Crippen molar-refractivity contribution < 1.29 is 4.39 Å². The van der Waals surface area contributed by atoms with Crippen LogP contribution >= 0.6 is 0 Å². The lowest BCUT2D eigenvalue weighted by Gasteiger charge is -2.39. The normalized spacial score (nSPS) is 20.8. The van der Waals surface area contributed by atoms with Crippen LogP contribution in [0.4, 0.5) is 15.8 Å². The molecule has 0 aromatic carbocycles. The summed E-state index contributed by atoms with van der Waals surface area (Å²) in [6.45, 7) is 6.93. The second kappa shape index (κ2) is 5.31. The van der Waals surface area contributed by atoms with E-state index in [2.05, 4.69) is 16.5 Å². The molecule has 1 aromatic heterocycles. The smallest absolute Gasteiger partial charge is 0.166 e. The van der Waals surface area contributed by atoms with Crippen molar-refractivity contribution in [3.8, 4) is 0 Å². The number of hydrogen-bond acceptors (Lipinski definition) is 4. The van der Waals surface area contributed by atoms with E-state index in [0.717, 1.165) is 38.9 Å². The van der Waals surface area contributed by atoms with E-state index in [-0.39, 0.29) is 5.82 Å². The minimum absolute atomic E-state index is 0.325. The molecule has 2 saturated heterocycles. The summed E-state index contributed by atoms with van der Waals surface area (Å²) in [7, 11) is 0. The lowest BCUT2D eigenvalue weighted by molar-refractivity contribution is 0.243. The molecule has 0 spiro atoms. The highest BCUT2D eigenvalue weighted by atomic mass is 19.1. The number of hydrogen-bond donors (Lipinski definition) is 1. The van der Waals surface area contributed by atoms with Gasteiger partial charge in [-0.15, -0.1) is 0 Å². The Hall–Kier alpha value is -1.78. The van der Waals surface area contributed by atoms with Crippen LogP contribution in [0, 0.1) is 5.82 Å². The summed E-state index contributed by atoms with van der Waals surface area (Å²) >= 11 is 0. The highest BCUT2D eigenvalue weighted by molar-refractivity contribution is 5.67. The number of rotatable bonds is 2. The van der Waals surface area contributed by atoms with Crippen LogP contribution < -0.4 is 10.6 Å². The molecule has 2 fully saturated rings. The molecule has 2 N–H and O–H groups in total. The van der Waals surface area contributed by atoms with Crippen molar-refractivity contribution in [3.05, 3.63) is 30.5 Å². The number of anilines is 2. The van der Waals surface area contributed by atoms with E-state index in [1.54, 1.807) is 0 Å². The summed E-state index contributed by atoms with van der Waals surface area (Å²) in [5.41, 5.74) is 8.06. The maximum Gasteiger partial charge on any atom is 0.166 e. The lowest BCUT2D eigenvalue weighted by atomic mass is 10.0. The average molecular weight is 276 g/mol. The van der Waals surface area contributed by atoms with E-state index in [1.165, 1.54) is 24.5 Å². The highest BCUT2D eigenvalue weighted by Gasteiger charge is 2.29. The molecule has 0 amide bonds. The number of allylic oxidation sites excluding steroid dienone is 1. The molecule has 3 heterocycles. The van der Waals surface area contributed by atoms with Gasteiger partial charge >= 0.3 is 0 Å². The zero-order valence-electron chi connectivity index (χ0n) is 11.7. The molecule has 108 valence electrons. The molecule has 2 aliphatic rings. The van der Waals surface area contributed by atoms with Crippen molar-refractivity contribution in [2.24, 2.45) is 0 Å². The third kappa shape index (κ3) is 2.32. The molecule has 2 aliphatic heterocycles. The number of aromatic nitrogens is 1. The van der Waals surface area contributed by atoms with Crippen molar-refractivity contribution in [2.75, 3.05) is 30.3 Å². The fourth-order valence-corrected chi connectivity index (χ4v) is 3.37. The molecule has 4 nitrogen and oxygen atoms in total. The van der Waals surface area contributed by atoms with Crippen LogP contribution in [0.3, 0.4) is 0 Å². The fraction of sp³-hybridized carbons (Fsp3) is 0.533. The Bertz CT molecular complexity index is 488. The van der Waals surface area contributed by atoms with Crippen LogP contribution in [-0.2, 0) is 0 Å². The van der Waals surface area contributed by atoms with Gasteiger partial charge in [-0.1, -0.05) is 6.58 Å². The summed E-state index contributed by atoms with van der Waals surface area (Å²) in [5, 5.41) is 0. The Morgan fingerprint density at radius 1 is 1.25 bits per heavy atom. The Kier molecular flexibility index (Phi) is 3.51. The molecule has 3 rings (SSSR count). The first-order valence-electron chi connectivity index (χ1n) is 7.25. The van der Waals surface area contributed by atoms with Gasteiger partial charge in [-0.25, -0.2) is 4.39 Å². The first-order chi connectivity index (χ1) is 9.66. The number of halogens is 1. The van der Waals surface area contributed by atoms with E-state index >= 15 is 0 Å². The molecule has 0 saturated carbocycles. The standard InChI is InChI=1S/C15H21FN4/c1-11-3-2-6-20(11)12-4-7-19(8-5-12)15-13(16)9-18-10-14(15)17/h9-10,12H,1-8,17H2. The Morgan fingerprint density at radius 2 is 2.00 bits per heavy atom. The topological polar surface area (TPSA) is 45.4 Å². The molecule has 0 bridgehead atoms. The van der Waals surface area contributed by atoms with Gasteiger partial charge in [-0.05, 0) is 25.7 Å². The number of likely N-dealkylation sites (tertiary alicyclic amines) is 1. The molecule has 5 heteroatoms. The van der Waals surface area contributed by atoms with Crippen LogP contribution in [0.2, 0.25) is 0 Å². The van der Waals surface area contributed by atoms with Crippen LogP contribution in [-0.4, -0.2) is 35.6 Å². The van der Waals surface area contributed by atoms with Crippen molar-refractivity contribution in [1.29, 1.82) is 0 Å². The van der Waals surface area contributed by atoms with Crippen molar-refractivity contribution in [1.82, 2.24) is 9.88 Å². The summed E-state index contributed by atoms with van der Waals surface area (Å²) in [6, 6.07) is 0.548. The largest absolute Gasteiger partial charge is 0.396 e. The lowest BCUT2D eigenvalue weighted by Crippen LogP contribution is -2.43. The number of nitrogens with zero attached hydrogens (tertiary/aromatic N) is 3. The van der Waals surface area contributed by atoms with Crippen LogP contribution in [0.1, 0.15) is 25.7 Å². The minimum atomic E-state index is -0.325. The number of piperidine rings is 1. The van der Waals surface area contributed by atoms with Gasteiger partial charge in [0.2, 0.25) is 0 Å². The molecule has 0 radical (unpaired) electrons. The predicted molar refractivity (Wildman–Crippen MR) is 78.9 cm³/mol. The van der Waals surface area contributed by atoms with Gasteiger partial charge in [0.15, 0.2) is 5.82 Å². The van der Waals surface area contributed by atoms with Crippen molar-refractivity contribution >= 4 is 11.4 Å². The monoisotopic (exact) mass is 276 g/mol. The van der Waals surface area contributed by atoms with E-state index in [9.17, 15) is 4.39 Å². The number of nitrogens with two attached hydrogens (primary N) is 1. The summed E-state index contributed by atoms with van der Waals surface area (Å²) in [4.78, 5) is 8.26.